The zero-order chi connectivity index (χ0) is 27.1. The van der Waals surface area contributed by atoms with E-state index in [1.807, 2.05) is 4.90 Å². The fourth-order valence-corrected chi connectivity index (χ4v) is 4.35. The second-order valence-electron chi connectivity index (χ2n) is 9.24. The number of piperidine rings is 1. The van der Waals surface area contributed by atoms with Crippen molar-refractivity contribution < 1.29 is 18.8 Å². The predicted octanol–water partition coefficient (Wildman–Crippen LogP) is 3.31. The Morgan fingerprint density at radius 2 is 1.89 bits per heavy atom. The summed E-state index contributed by atoms with van der Waals surface area (Å²) in [6.07, 6.45) is 3.34. The number of carbonyl (C=O) groups excluding carboxylic acids is 3. The van der Waals surface area contributed by atoms with Crippen LogP contribution in [0.2, 0.25) is 0 Å². The van der Waals surface area contributed by atoms with Crippen LogP contribution in [0, 0.1) is 11.7 Å². The summed E-state index contributed by atoms with van der Waals surface area (Å²) in [5, 5.41) is 9.00. The molecule has 2 aromatic carbocycles. The smallest absolute Gasteiger partial charge is 0.254 e. The van der Waals surface area contributed by atoms with E-state index >= 15 is 0 Å². The summed E-state index contributed by atoms with van der Waals surface area (Å²) in [6, 6.07) is 13.0. The number of benzene rings is 2. The maximum atomic E-state index is 13.2. The van der Waals surface area contributed by atoms with E-state index < -0.39 is 5.91 Å². The van der Waals surface area contributed by atoms with E-state index in [0.29, 0.717) is 36.8 Å². The molecule has 2 heterocycles. The molecule has 1 aromatic heterocycles. The number of anilines is 4. The number of likely N-dealkylation sites (tertiary alicyclic amines) is 1. The fraction of sp³-hybridized carbons (Fsp3) is 0.296. The molecule has 3 aromatic rings. The molecule has 4 rings (SSSR count). The molecule has 1 atom stereocenters. The molecule has 38 heavy (non-hydrogen) atoms. The molecule has 0 aliphatic carbocycles. The first-order valence-electron chi connectivity index (χ1n) is 12.3. The van der Waals surface area contributed by atoms with E-state index in [4.69, 9.17) is 5.73 Å². The molecule has 11 heteroatoms. The predicted molar refractivity (Wildman–Crippen MR) is 142 cm³/mol. The Hall–Kier alpha value is -4.54. The van der Waals surface area contributed by atoms with Gasteiger partial charge in [0.1, 0.15) is 11.6 Å². The maximum absolute atomic E-state index is 13.2. The van der Waals surface area contributed by atoms with E-state index in [1.165, 1.54) is 25.3 Å². The molecule has 1 unspecified atom stereocenters. The highest BCUT2D eigenvalue weighted by molar-refractivity contribution is 5.97. The number of primary amides is 1. The molecule has 0 spiro atoms. The van der Waals surface area contributed by atoms with Crippen LogP contribution in [0.4, 0.5) is 27.5 Å². The van der Waals surface area contributed by atoms with E-state index in [0.717, 1.165) is 18.4 Å². The standard InChI is InChI=1S/C27H30FN7O3/c1-17(36)32-21-5-2-6-22(13-21)33-27-31-15-23(25(29)38)26(34-27)30-14-19-4-3-11-35(16-19)24(37)12-18-7-9-20(28)10-8-18/h2,5-10,13,15,19H,3-4,11-12,14,16H2,1H3,(H2,29,38)(H,32,36)(H2,30,31,33,34). The minimum absolute atomic E-state index is 0.00542. The summed E-state index contributed by atoms with van der Waals surface area (Å²) in [5.41, 5.74) is 7.73. The minimum Gasteiger partial charge on any atom is -0.369 e. The number of rotatable bonds is 9. The Balaban J connectivity index is 1.40. The zero-order valence-corrected chi connectivity index (χ0v) is 21.0. The number of nitrogens with one attached hydrogen (secondary N) is 3. The summed E-state index contributed by atoms with van der Waals surface area (Å²) in [4.78, 5) is 46.6. The van der Waals surface area contributed by atoms with Gasteiger partial charge in [0, 0.05) is 44.1 Å². The normalized spacial score (nSPS) is 15.0. The first-order chi connectivity index (χ1) is 18.3. The van der Waals surface area contributed by atoms with Gasteiger partial charge in [-0.15, -0.1) is 0 Å². The summed E-state index contributed by atoms with van der Waals surface area (Å²) < 4.78 is 13.2. The van der Waals surface area contributed by atoms with Crippen LogP contribution in [-0.4, -0.2) is 52.2 Å². The lowest BCUT2D eigenvalue weighted by atomic mass is 9.97. The van der Waals surface area contributed by atoms with Crippen molar-refractivity contribution in [2.24, 2.45) is 11.7 Å². The van der Waals surface area contributed by atoms with E-state index in [9.17, 15) is 18.8 Å². The Morgan fingerprint density at radius 1 is 1.13 bits per heavy atom. The zero-order valence-electron chi connectivity index (χ0n) is 21.0. The molecule has 1 aliphatic rings. The lowest BCUT2D eigenvalue weighted by Gasteiger charge is -2.33. The first-order valence-corrected chi connectivity index (χ1v) is 12.3. The Bertz CT molecular complexity index is 1320. The van der Waals surface area contributed by atoms with Crippen LogP contribution in [-0.2, 0) is 16.0 Å². The van der Waals surface area contributed by atoms with Gasteiger partial charge < -0.3 is 26.6 Å². The van der Waals surface area contributed by atoms with Crippen LogP contribution in [0.1, 0.15) is 35.7 Å². The number of amides is 3. The SMILES string of the molecule is CC(=O)Nc1cccc(Nc2ncc(C(N)=O)c(NCC3CCCN(C(=O)Cc4ccc(F)cc4)C3)n2)c1. The second kappa shape index (κ2) is 12.1. The quantitative estimate of drug-likeness (QED) is 0.340. The van der Waals surface area contributed by atoms with Crippen LogP contribution in [0.5, 0.6) is 0 Å². The largest absolute Gasteiger partial charge is 0.369 e. The van der Waals surface area contributed by atoms with Crippen molar-refractivity contribution in [3.63, 3.8) is 0 Å². The van der Waals surface area contributed by atoms with Crippen LogP contribution in [0.3, 0.4) is 0 Å². The van der Waals surface area contributed by atoms with Crippen molar-refractivity contribution in [3.8, 4) is 0 Å². The summed E-state index contributed by atoms with van der Waals surface area (Å²) in [7, 11) is 0. The van der Waals surface area contributed by atoms with Gasteiger partial charge in [-0.1, -0.05) is 18.2 Å². The van der Waals surface area contributed by atoms with Gasteiger partial charge in [0.2, 0.25) is 17.8 Å². The van der Waals surface area contributed by atoms with Gasteiger partial charge in [0.25, 0.3) is 5.91 Å². The maximum Gasteiger partial charge on any atom is 0.254 e. The third kappa shape index (κ3) is 7.25. The minimum atomic E-state index is -0.661. The van der Waals surface area contributed by atoms with Gasteiger partial charge in [0.15, 0.2) is 0 Å². The topological polar surface area (TPSA) is 142 Å². The van der Waals surface area contributed by atoms with Crippen LogP contribution >= 0.6 is 0 Å². The number of halogens is 1. The first kappa shape index (κ1) is 26.5. The van der Waals surface area contributed by atoms with Gasteiger partial charge >= 0.3 is 0 Å². The number of nitrogens with zero attached hydrogens (tertiary/aromatic N) is 3. The van der Waals surface area contributed by atoms with Crippen molar-refractivity contribution in [2.45, 2.75) is 26.2 Å². The molecular weight excluding hydrogens is 489 g/mol. The average molecular weight is 520 g/mol. The lowest BCUT2D eigenvalue weighted by molar-refractivity contribution is -0.132. The number of hydrogen-bond acceptors (Lipinski definition) is 7. The van der Waals surface area contributed by atoms with Gasteiger partial charge in [-0.2, -0.15) is 4.98 Å². The number of aromatic nitrogens is 2. The highest BCUT2D eigenvalue weighted by Crippen LogP contribution is 2.22. The van der Waals surface area contributed by atoms with Gasteiger partial charge in [-0.3, -0.25) is 14.4 Å². The van der Waals surface area contributed by atoms with Crippen molar-refractivity contribution in [1.82, 2.24) is 14.9 Å². The fourth-order valence-electron chi connectivity index (χ4n) is 4.35. The van der Waals surface area contributed by atoms with E-state index in [2.05, 4.69) is 25.9 Å². The molecule has 1 fully saturated rings. The molecule has 3 amide bonds. The Kier molecular flexibility index (Phi) is 8.47. The Labute approximate surface area is 219 Å². The number of carbonyl (C=O) groups is 3. The van der Waals surface area contributed by atoms with Crippen LogP contribution in [0.15, 0.2) is 54.7 Å². The molecule has 5 N–H and O–H groups in total. The average Bonchev–Trinajstić information content (AvgIpc) is 2.89. The van der Waals surface area contributed by atoms with Gasteiger partial charge in [-0.25, -0.2) is 9.37 Å². The number of hydrogen-bond donors (Lipinski definition) is 4. The highest BCUT2D eigenvalue weighted by Gasteiger charge is 2.24. The molecular formula is C27H30FN7O3. The summed E-state index contributed by atoms with van der Waals surface area (Å²) >= 11 is 0. The van der Waals surface area contributed by atoms with Crippen LogP contribution < -0.4 is 21.7 Å². The van der Waals surface area contributed by atoms with Crippen molar-refractivity contribution in [2.75, 3.05) is 35.6 Å². The Morgan fingerprint density at radius 3 is 2.63 bits per heavy atom. The molecule has 0 saturated carbocycles. The third-order valence-electron chi connectivity index (χ3n) is 6.19. The van der Waals surface area contributed by atoms with Gasteiger partial charge in [-0.05, 0) is 54.7 Å². The number of nitrogens with two attached hydrogens (primary N) is 1. The molecule has 0 bridgehead atoms. The van der Waals surface area contributed by atoms with Crippen LogP contribution in [0.25, 0.3) is 0 Å². The summed E-state index contributed by atoms with van der Waals surface area (Å²) in [5.74, 6) is -0.501. The van der Waals surface area contributed by atoms with Crippen molar-refractivity contribution in [3.05, 3.63) is 71.7 Å². The van der Waals surface area contributed by atoms with E-state index in [-0.39, 0.29) is 41.5 Å². The second-order valence-corrected chi connectivity index (χ2v) is 9.24. The lowest BCUT2D eigenvalue weighted by Crippen LogP contribution is -2.42. The van der Waals surface area contributed by atoms with E-state index in [1.54, 1.807) is 36.4 Å². The third-order valence-corrected chi connectivity index (χ3v) is 6.19. The molecule has 10 nitrogen and oxygen atoms in total. The van der Waals surface area contributed by atoms with Gasteiger partial charge in [0.05, 0.1) is 12.0 Å². The van der Waals surface area contributed by atoms with Crippen molar-refractivity contribution >= 4 is 40.9 Å². The summed E-state index contributed by atoms with van der Waals surface area (Å²) in [6.45, 7) is 3.14. The monoisotopic (exact) mass is 519 g/mol. The molecule has 0 radical (unpaired) electrons. The molecule has 1 aliphatic heterocycles. The van der Waals surface area contributed by atoms with Crippen molar-refractivity contribution in [1.29, 1.82) is 0 Å². The molecule has 1 saturated heterocycles. The molecule has 198 valence electrons. The highest BCUT2D eigenvalue weighted by atomic mass is 19.1.